The van der Waals surface area contributed by atoms with Crippen LogP contribution in [0, 0.1) is 0 Å². The van der Waals surface area contributed by atoms with Gasteiger partial charge in [0.15, 0.2) is 0 Å². The summed E-state index contributed by atoms with van der Waals surface area (Å²) >= 11 is 0.234. The van der Waals surface area contributed by atoms with Gasteiger partial charge in [-0.3, -0.25) is 0 Å². The van der Waals surface area contributed by atoms with E-state index in [1.807, 2.05) is 0 Å². The second kappa shape index (κ2) is 7.53. The Hall–Kier alpha value is 0.252. The van der Waals surface area contributed by atoms with Crippen molar-refractivity contribution in [3.05, 3.63) is 0 Å². The summed E-state index contributed by atoms with van der Waals surface area (Å²) in [5.41, 5.74) is 0. The summed E-state index contributed by atoms with van der Waals surface area (Å²) in [6.07, 6.45) is -6.34. The summed E-state index contributed by atoms with van der Waals surface area (Å²) in [4.78, 5) is -1.09. The zero-order chi connectivity index (χ0) is 10.6. The van der Waals surface area contributed by atoms with E-state index in [4.69, 9.17) is 30.6 Å². The van der Waals surface area contributed by atoms with Gasteiger partial charge in [-0.25, -0.2) is 0 Å². The quantitative estimate of drug-likeness (QED) is 0.258. The minimum Gasteiger partial charge on any atom is -0.412 e. The van der Waals surface area contributed by atoms with Gasteiger partial charge in [0.05, 0.1) is 12.7 Å². The first-order valence-electron chi connectivity index (χ1n) is 3.93. The van der Waals surface area contributed by atoms with E-state index in [0.29, 0.717) is 0 Å². The molecule has 0 saturated heterocycles. The Morgan fingerprint density at radius 2 is 1.29 bits per heavy atom. The van der Waals surface area contributed by atoms with Crippen molar-refractivity contribution in [2.75, 3.05) is 6.61 Å². The van der Waals surface area contributed by atoms with E-state index < -0.39 is 36.0 Å². The Morgan fingerprint density at radius 1 is 0.857 bits per heavy atom. The molecule has 0 aliphatic carbocycles. The molecule has 0 saturated carbocycles. The maximum Gasteiger partial charge on any atom is 0.262 e. The van der Waals surface area contributed by atoms with Gasteiger partial charge in [-0.05, 0) is 0 Å². The van der Waals surface area contributed by atoms with E-state index >= 15 is 0 Å². The van der Waals surface area contributed by atoms with Crippen LogP contribution in [0.3, 0.4) is 0 Å². The normalized spacial score (nSPS) is 21.6. The first-order chi connectivity index (χ1) is 5.91. The lowest BCUT2D eigenvalue weighted by Gasteiger charge is -2.27. The third-order valence-corrected chi connectivity index (χ3v) is 2.46. The van der Waals surface area contributed by atoms with Crippen molar-refractivity contribution in [3.8, 4) is 0 Å². The number of aliphatic hydroxyl groups excluding tert-OH is 6. The van der Waals surface area contributed by atoms with E-state index in [0.717, 1.165) is 0 Å². The predicted molar refractivity (Wildman–Crippen MR) is 49.3 cm³/mol. The lowest BCUT2D eigenvalue weighted by atomic mass is 10.0. The lowest BCUT2D eigenvalue weighted by Crippen LogP contribution is -2.50. The highest BCUT2D eigenvalue weighted by atomic mass is 27.0. The number of aliphatic hydroxyl groups is 6. The maximum atomic E-state index is 9.15. The van der Waals surface area contributed by atoms with Crippen molar-refractivity contribution in [1.82, 2.24) is 0 Å². The highest BCUT2D eigenvalue weighted by molar-refractivity contribution is 6.11. The highest BCUT2D eigenvalue weighted by Gasteiger charge is 2.31. The van der Waals surface area contributed by atoms with E-state index in [1.54, 1.807) is 0 Å². The Bertz CT molecular complexity index is 144. The molecule has 0 rings (SSSR count). The van der Waals surface area contributed by atoms with Gasteiger partial charge in [-0.2, -0.15) is 0 Å². The molecule has 0 aliphatic heterocycles. The van der Waals surface area contributed by atoms with Crippen LogP contribution in [-0.4, -0.2) is 88.4 Å². The largest absolute Gasteiger partial charge is 0.412 e. The van der Waals surface area contributed by atoms with Gasteiger partial charge in [0.25, 0.3) is 16.3 Å². The Balaban J connectivity index is 0. The predicted octanol–water partition coefficient (Wildman–Crippen LogP) is -5.45. The van der Waals surface area contributed by atoms with Crippen LogP contribution in [0.2, 0.25) is 0 Å². The van der Waals surface area contributed by atoms with Crippen LogP contribution >= 0.6 is 0 Å². The van der Waals surface area contributed by atoms with Crippen molar-refractivity contribution in [2.24, 2.45) is 0 Å². The molecule has 0 aromatic carbocycles. The number of hydrogen-bond donors (Lipinski definition) is 6. The van der Waals surface area contributed by atoms with Crippen molar-refractivity contribution in [1.29, 1.82) is 0 Å². The van der Waals surface area contributed by atoms with Gasteiger partial charge < -0.3 is 36.1 Å². The third kappa shape index (κ3) is 4.66. The lowest BCUT2D eigenvalue weighted by molar-refractivity contribution is -0.129. The molecule has 14 heavy (non-hydrogen) atoms. The van der Waals surface area contributed by atoms with Crippen LogP contribution in [0.15, 0.2) is 0 Å². The van der Waals surface area contributed by atoms with Gasteiger partial charge >= 0.3 is 0 Å². The van der Waals surface area contributed by atoms with Gasteiger partial charge in [0, 0.05) is 4.97 Å². The molecule has 1 unspecified atom stereocenters. The summed E-state index contributed by atoms with van der Waals surface area (Å²) in [7, 11) is 0. The molecule has 0 aromatic heterocycles. The van der Waals surface area contributed by atoms with Crippen LogP contribution in [0.4, 0.5) is 0 Å². The fraction of sp³-hybridized carbons (Fsp3) is 1.00. The van der Waals surface area contributed by atoms with E-state index in [1.165, 1.54) is 0 Å². The fourth-order valence-electron chi connectivity index (χ4n) is 0.823. The summed E-state index contributed by atoms with van der Waals surface area (Å²) in [6.45, 7) is -0.720. The van der Waals surface area contributed by atoms with E-state index in [9.17, 15) is 0 Å². The molecule has 0 bridgehead atoms. The highest BCUT2D eigenvalue weighted by Crippen LogP contribution is 2.06. The van der Waals surface area contributed by atoms with Gasteiger partial charge in [0.1, 0.15) is 18.3 Å². The minimum absolute atomic E-state index is 0. The molecular weight excluding hydrogens is 211 g/mol. The summed E-state index contributed by atoms with van der Waals surface area (Å²) in [5, 5.41) is 53.5. The van der Waals surface area contributed by atoms with Crippen LogP contribution in [-0.2, 0) is 0 Å². The average Bonchev–Trinajstić information content (AvgIpc) is 2.12. The third-order valence-electron chi connectivity index (χ3n) is 1.78. The molecule has 0 fully saturated rings. The van der Waals surface area contributed by atoms with Crippen LogP contribution in [0.1, 0.15) is 0 Å². The van der Waals surface area contributed by atoms with Gasteiger partial charge in [0.2, 0.25) is 0 Å². The zero-order valence-electron chi connectivity index (χ0n) is 7.78. The smallest absolute Gasteiger partial charge is 0.262 e. The molecule has 5 atom stereocenters. The van der Waals surface area contributed by atoms with Crippen LogP contribution in [0.25, 0.3) is 0 Å². The average molecular weight is 228 g/mol. The fourth-order valence-corrected chi connectivity index (χ4v) is 1.22. The second-order valence-corrected chi connectivity index (χ2v) is 4.15. The zero-order valence-corrected chi connectivity index (χ0v) is 9.78. The molecule has 86 valence electrons. The molecule has 0 radical (unpaired) electrons. The summed E-state index contributed by atoms with van der Waals surface area (Å²) in [6, 6.07) is 0. The molecule has 8 N–H and O–H groups in total. The topological polar surface area (TPSA) is 153 Å². The molecule has 8 heteroatoms. The van der Waals surface area contributed by atoms with Gasteiger partial charge in [-0.1, -0.05) is 0 Å². The Kier molecular flexibility index (Phi) is 8.97. The molecule has 0 aliphatic rings. The summed E-state index contributed by atoms with van der Waals surface area (Å²) < 4.78 is 0. The summed E-state index contributed by atoms with van der Waals surface area (Å²) in [5.74, 6) is 0. The first kappa shape index (κ1) is 16.7. The van der Waals surface area contributed by atoms with Gasteiger partial charge in [-0.15, -0.1) is 0 Å². The first-order valence-corrected chi connectivity index (χ1v) is 5.08. The van der Waals surface area contributed by atoms with E-state index in [-0.39, 0.29) is 21.8 Å². The van der Waals surface area contributed by atoms with Crippen molar-refractivity contribution < 1.29 is 36.1 Å². The molecule has 0 aromatic rings. The molecule has 0 amide bonds. The van der Waals surface area contributed by atoms with Crippen molar-refractivity contribution >= 4 is 16.3 Å². The van der Waals surface area contributed by atoms with Crippen molar-refractivity contribution in [2.45, 2.75) is 29.4 Å². The molecule has 0 heterocycles. The number of rotatable bonds is 5. The van der Waals surface area contributed by atoms with Crippen LogP contribution < -0.4 is 0 Å². The molecule has 0 spiro atoms. The Morgan fingerprint density at radius 3 is 1.57 bits per heavy atom. The second-order valence-electron chi connectivity index (χ2n) is 2.96. The number of hydrogen-bond acceptors (Lipinski definition) is 6. The monoisotopic (exact) mass is 228 g/mol. The SMILES string of the molecule is O.OC[C@@H](O)[C@@H](O)[C@H](O)[C@@H](O)[CH](O)[AlH2]. The Labute approximate surface area is 89.0 Å². The van der Waals surface area contributed by atoms with E-state index in [2.05, 4.69) is 0 Å². The maximum absolute atomic E-state index is 9.15. The molecule has 7 nitrogen and oxygen atoms in total. The molecular formula is C6H17AlO7. The standard InChI is InChI=1S/C6H13O6.Al.H2O.2H/c7-1-3(9)5(11)6(12)4(10)2-8;;;;/h1,3-12H,2H2;;1H2;;/t3-,4+,5+,6+;;;;/m0..../s1. The van der Waals surface area contributed by atoms with Crippen molar-refractivity contribution in [3.63, 3.8) is 0 Å². The van der Waals surface area contributed by atoms with Crippen LogP contribution in [0.5, 0.6) is 0 Å². The minimum atomic E-state index is -1.66.